The average Bonchev–Trinajstić information content (AvgIpc) is 2.76. The first-order valence-electron chi connectivity index (χ1n) is 6.80. The number of furan rings is 1. The molecule has 1 N–H and O–H groups in total. The van der Waals surface area contributed by atoms with Crippen molar-refractivity contribution in [2.45, 2.75) is 46.7 Å². The van der Waals surface area contributed by atoms with Crippen LogP contribution in [-0.4, -0.2) is 24.5 Å². The first kappa shape index (κ1) is 14.3. The Morgan fingerprint density at radius 1 is 1.24 bits per heavy atom. The standard InChI is InChI=1S/C14H26N2O/c1-4-8-15-11-13-7-10-17-14(13)12-16(6-3)9-5-2/h7,10,15H,4-6,8-9,11-12H2,1-3H3. The molecule has 98 valence electrons. The molecule has 1 rings (SSSR count). The van der Waals surface area contributed by atoms with Crippen LogP contribution in [0.4, 0.5) is 0 Å². The van der Waals surface area contributed by atoms with Crippen LogP contribution in [0.3, 0.4) is 0 Å². The molecule has 0 saturated carbocycles. The maximum atomic E-state index is 5.59. The minimum absolute atomic E-state index is 0.920. The lowest BCUT2D eigenvalue weighted by Crippen LogP contribution is -2.24. The van der Waals surface area contributed by atoms with Crippen molar-refractivity contribution in [2.24, 2.45) is 0 Å². The van der Waals surface area contributed by atoms with Crippen LogP contribution in [0, 0.1) is 0 Å². The summed E-state index contributed by atoms with van der Waals surface area (Å²) < 4.78 is 5.59. The molecule has 0 aliphatic rings. The van der Waals surface area contributed by atoms with E-state index in [0.29, 0.717) is 0 Å². The van der Waals surface area contributed by atoms with Crippen LogP contribution in [0.1, 0.15) is 44.9 Å². The second kappa shape index (κ2) is 8.31. The molecule has 3 heteroatoms. The molecule has 17 heavy (non-hydrogen) atoms. The fourth-order valence-corrected chi connectivity index (χ4v) is 1.93. The maximum Gasteiger partial charge on any atom is 0.122 e. The lowest BCUT2D eigenvalue weighted by atomic mass is 10.2. The van der Waals surface area contributed by atoms with E-state index in [2.05, 4.69) is 37.1 Å². The van der Waals surface area contributed by atoms with E-state index in [1.807, 2.05) is 0 Å². The molecule has 0 amide bonds. The summed E-state index contributed by atoms with van der Waals surface area (Å²) in [6, 6.07) is 2.08. The van der Waals surface area contributed by atoms with E-state index >= 15 is 0 Å². The predicted molar refractivity (Wildman–Crippen MR) is 71.9 cm³/mol. The Labute approximate surface area is 105 Å². The van der Waals surface area contributed by atoms with E-state index in [1.165, 1.54) is 18.4 Å². The smallest absolute Gasteiger partial charge is 0.122 e. The molecule has 1 aromatic heterocycles. The van der Waals surface area contributed by atoms with E-state index in [1.54, 1.807) is 6.26 Å². The molecule has 0 atom stereocenters. The van der Waals surface area contributed by atoms with Crippen molar-refractivity contribution in [1.29, 1.82) is 0 Å². The van der Waals surface area contributed by atoms with Crippen LogP contribution in [-0.2, 0) is 13.1 Å². The van der Waals surface area contributed by atoms with E-state index in [4.69, 9.17) is 4.42 Å². The molecule has 0 bridgehead atoms. The van der Waals surface area contributed by atoms with Gasteiger partial charge >= 0.3 is 0 Å². The number of hydrogen-bond donors (Lipinski definition) is 1. The molecule has 0 saturated heterocycles. The first-order chi connectivity index (χ1) is 8.31. The van der Waals surface area contributed by atoms with Gasteiger partial charge in [0.1, 0.15) is 5.76 Å². The van der Waals surface area contributed by atoms with E-state index in [0.717, 1.165) is 38.5 Å². The Kier molecular flexibility index (Phi) is 6.97. The van der Waals surface area contributed by atoms with Crippen molar-refractivity contribution < 1.29 is 4.42 Å². The van der Waals surface area contributed by atoms with Crippen LogP contribution in [0.5, 0.6) is 0 Å². The summed E-state index contributed by atoms with van der Waals surface area (Å²) in [5, 5.41) is 3.42. The van der Waals surface area contributed by atoms with Crippen molar-refractivity contribution >= 4 is 0 Å². The normalized spacial score (nSPS) is 11.3. The van der Waals surface area contributed by atoms with E-state index in [9.17, 15) is 0 Å². The van der Waals surface area contributed by atoms with Crippen LogP contribution in [0.25, 0.3) is 0 Å². The highest BCUT2D eigenvalue weighted by atomic mass is 16.3. The van der Waals surface area contributed by atoms with Gasteiger partial charge in [0.2, 0.25) is 0 Å². The van der Waals surface area contributed by atoms with Crippen molar-refractivity contribution in [2.75, 3.05) is 19.6 Å². The van der Waals surface area contributed by atoms with E-state index in [-0.39, 0.29) is 0 Å². The third-order valence-electron chi connectivity index (χ3n) is 2.93. The van der Waals surface area contributed by atoms with Gasteiger partial charge in [-0.15, -0.1) is 0 Å². The van der Waals surface area contributed by atoms with Crippen LogP contribution in [0.15, 0.2) is 16.7 Å². The molecule has 0 aliphatic heterocycles. The van der Waals surface area contributed by atoms with Gasteiger partial charge in [0.05, 0.1) is 12.8 Å². The van der Waals surface area contributed by atoms with Crippen molar-refractivity contribution in [1.82, 2.24) is 10.2 Å². The Morgan fingerprint density at radius 2 is 2.06 bits per heavy atom. The molecule has 0 radical (unpaired) electrons. The summed E-state index contributed by atoms with van der Waals surface area (Å²) >= 11 is 0. The quantitative estimate of drug-likeness (QED) is 0.670. The SMILES string of the molecule is CCCNCc1ccoc1CN(CC)CCC. The predicted octanol–water partition coefficient (Wildman–Crippen LogP) is 3.01. The zero-order valence-corrected chi connectivity index (χ0v) is 11.5. The van der Waals surface area contributed by atoms with Crippen molar-refractivity contribution in [3.8, 4) is 0 Å². The number of nitrogens with one attached hydrogen (secondary N) is 1. The van der Waals surface area contributed by atoms with Crippen molar-refractivity contribution in [3.05, 3.63) is 23.7 Å². The van der Waals surface area contributed by atoms with Gasteiger partial charge in [-0.3, -0.25) is 4.90 Å². The summed E-state index contributed by atoms with van der Waals surface area (Å²) in [6.45, 7) is 11.7. The number of rotatable bonds is 9. The fraction of sp³-hybridized carbons (Fsp3) is 0.714. The zero-order valence-electron chi connectivity index (χ0n) is 11.5. The van der Waals surface area contributed by atoms with Gasteiger partial charge in [-0.2, -0.15) is 0 Å². The highest BCUT2D eigenvalue weighted by Crippen LogP contribution is 2.13. The first-order valence-corrected chi connectivity index (χ1v) is 6.80. The summed E-state index contributed by atoms with van der Waals surface area (Å²) in [6.07, 6.45) is 4.17. The molecule has 0 spiro atoms. The summed E-state index contributed by atoms with van der Waals surface area (Å²) in [4.78, 5) is 2.42. The van der Waals surface area contributed by atoms with Gasteiger partial charge in [-0.05, 0) is 38.5 Å². The lowest BCUT2D eigenvalue weighted by molar-refractivity contribution is 0.255. The van der Waals surface area contributed by atoms with Gasteiger partial charge in [0.15, 0.2) is 0 Å². The Hall–Kier alpha value is -0.800. The summed E-state index contributed by atoms with van der Waals surface area (Å²) in [5.74, 6) is 1.11. The summed E-state index contributed by atoms with van der Waals surface area (Å²) in [5.41, 5.74) is 1.30. The maximum absolute atomic E-state index is 5.59. The second-order valence-corrected chi connectivity index (χ2v) is 4.41. The largest absolute Gasteiger partial charge is 0.468 e. The summed E-state index contributed by atoms with van der Waals surface area (Å²) in [7, 11) is 0. The molecule has 0 fully saturated rings. The van der Waals surface area contributed by atoms with Crippen LogP contribution in [0.2, 0.25) is 0 Å². The lowest BCUT2D eigenvalue weighted by Gasteiger charge is -2.18. The average molecular weight is 238 g/mol. The number of nitrogens with zero attached hydrogens (tertiary/aromatic N) is 1. The second-order valence-electron chi connectivity index (χ2n) is 4.41. The van der Waals surface area contributed by atoms with E-state index < -0.39 is 0 Å². The minimum atomic E-state index is 0.920. The minimum Gasteiger partial charge on any atom is -0.468 e. The van der Waals surface area contributed by atoms with Gasteiger partial charge < -0.3 is 9.73 Å². The molecule has 1 heterocycles. The highest BCUT2D eigenvalue weighted by Gasteiger charge is 2.09. The van der Waals surface area contributed by atoms with Gasteiger partial charge in [-0.25, -0.2) is 0 Å². The Morgan fingerprint density at radius 3 is 2.71 bits per heavy atom. The number of hydrogen-bond acceptors (Lipinski definition) is 3. The molecular formula is C14H26N2O. The van der Waals surface area contributed by atoms with Crippen LogP contribution < -0.4 is 5.32 Å². The molecule has 0 aromatic carbocycles. The zero-order chi connectivity index (χ0) is 12.5. The molecule has 1 aromatic rings. The third kappa shape index (κ3) is 4.92. The topological polar surface area (TPSA) is 28.4 Å². The monoisotopic (exact) mass is 238 g/mol. The van der Waals surface area contributed by atoms with Gasteiger partial charge in [-0.1, -0.05) is 20.8 Å². The van der Waals surface area contributed by atoms with Crippen molar-refractivity contribution in [3.63, 3.8) is 0 Å². The molecule has 0 unspecified atom stereocenters. The molecular weight excluding hydrogens is 212 g/mol. The van der Waals surface area contributed by atoms with Crippen LogP contribution >= 0.6 is 0 Å². The Balaban J connectivity index is 2.49. The van der Waals surface area contributed by atoms with Gasteiger partial charge in [0, 0.05) is 12.1 Å². The Bertz CT molecular complexity index is 296. The fourth-order valence-electron chi connectivity index (χ4n) is 1.93. The third-order valence-corrected chi connectivity index (χ3v) is 2.93. The highest BCUT2D eigenvalue weighted by molar-refractivity contribution is 5.16. The van der Waals surface area contributed by atoms with Gasteiger partial charge in [0.25, 0.3) is 0 Å². The molecule has 3 nitrogen and oxygen atoms in total. The molecule has 0 aliphatic carbocycles.